The summed E-state index contributed by atoms with van der Waals surface area (Å²) in [6.07, 6.45) is 69.0. The first-order chi connectivity index (χ1) is 37.2. The molecular formula is C64H107O11P. The minimum Gasteiger partial charge on any atom is -0.462 e. The van der Waals surface area contributed by atoms with E-state index in [4.69, 9.17) is 23.3 Å². The number of phosphoric acid groups is 1. The number of ether oxygens (including phenoxy) is 3. The van der Waals surface area contributed by atoms with Gasteiger partial charge in [0.05, 0.1) is 19.8 Å². The third-order valence-corrected chi connectivity index (χ3v) is 13.1. The first-order valence-electron chi connectivity index (χ1n) is 29.8. The van der Waals surface area contributed by atoms with Crippen LogP contribution in [0.3, 0.4) is 0 Å². The van der Waals surface area contributed by atoms with Crippen molar-refractivity contribution < 1.29 is 52.2 Å². The molecule has 3 unspecified atom stereocenters. The van der Waals surface area contributed by atoms with Gasteiger partial charge in [-0.05, 0) is 128 Å². The van der Waals surface area contributed by atoms with Crippen LogP contribution < -0.4 is 0 Å². The maximum Gasteiger partial charge on any atom is 0.472 e. The average molecular weight is 1080 g/mol. The van der Waals surface area contributed by atoms with E-state index < -0.39 is 57.8 Å². The van der Waals surface area contributed by atoms with Crippen LogP contribution in [-0.2, 0) is 42.2 Å². The summed E-state index contributed by atoms with van der Waals surface area (Å²) >= 11 is 0. The molecule has 434 valence electrons. The number of carbonyl (C=O) groups excluding carboxylic acids is 3. The van der Waals surface area contributed by atoms with Gasteiger partial charge in [0.15, 0.2) is 6.10 Å². The number of hydrogen-bond acceptors (Lipinski definition) is 10. The van der Waals surface area contributed by atoms with E-state index >= 15 is 0 Å². The van der Waals surface area contributed by atoms with E-state index in [1.54, 1.807) is 0 Å². The summed E-state index contributed by atoms with van der Waals surface area (Å²) in [6.45, 7) is 4.39. The molecule has 0 amide bonds. The summed E-state index contributed by atoms with van der Waals surface area (Å²) in [5.41, 5.74) is 0. The highest BCUT2D eigenvalue weighted by Crippen LogP contribution is 2.43. The fourth-order valence-corrected chi connectivity index (χ4v) is 8.40. The number of aliphatic hydroxyl groups is 1. The summed E-state index contributed by atoms with van der Waals surface area (Å²) in [5.74, 6) is -1.55. The van der Waals surface area contributed by atoms with Gasteiger partial charge in [-0.15, -0.1) is 0 Å². The van der Waals surface area contributed by atoms with Gasteiger partial charge in [-0.2, -0.15) is 0 Å². The molecule has 0 aliphatic carbocycles. The summed E-state index contributed by atoms with van der Waals surface area (Å²) in [6, 6.07) is 0. The van der Waals surface area contributed by atoms with Crippen LogP contribution in [0.15, 0.2) is 109 Å². The maximum absolute atomic E-state index is 12.9. The van der Waals surface area contributed by atoms with Crippen molar-refractivity contribution in [2.45, 2.75) is 251 Å². The van der Waals surface area contributed by atoms with Gasteiger partial charge in [0, 0.05) is 19.3 Å². The van der Waals surface area contributed by atoms with Crippen molar-refractivity contribution in [1.82, 2.24) is 0 Å². The molecule has 0 radical (unpaired) electrons. The molecule has 0 fully saturated rings. The molecule has 0 aromatic heterocycles. The summed E-state index contributed by atoms with van der Waals surface area (Å²) < 4.78 is 39.5. The number of allylic oxidation sites excluding steroid dienone is 18. The molecular weight excluding hydrogens is 976 g/mol. The normalized spacial score (nSPS) is 14.1. The van der Waals surface area contributed by atoms with Crippen molar-refractivity contribution in [2.75, 3.05) is 26.4 Å². The molecule has 0 bridgehead atoms. The fraction of sp³-hybridized carbons (Fsp3) is 0.672. The van der Waals surface area contributed by atoms with Crippen LogP contribution in [0.25, 0.3) is 0 Å². The molecule has 0 saturated heterocycles. The number of rotatable bonds is 54. The average Bonchev–Trinajstić information content (AvgIpc) is 3.41. The van der Waals surface area contributed by atoms with E-state index in [9.17, 15) is 28.9 Å². The molecule has 0 aliphatic heterocycles. The van der Waals surface area contributed by atoms with Crippen LogP contribution in [-0.4, -0.2) is 66.5 Å². The van der Waals surface area contributed by atoms with Crippen LogP contribution in [0.1, 0.15) is 239 Å². The Hall–Kier alpha value is -3.86. The quantitative estimate of drug-likeness (QED) is 0.0197. The van der Waals surface area contributed by atoms with Crippen LogP contribution in [0.5, 0.6) is 0 Å². The molecule has 2 N–H and O–H groups in total. The molecule has 0 heterocycles. The van der Waals surface area contributed by atoms with Gasteiger partial charge >= 0.3 is 25.7 Å². The highest BCUT2D eigenvalue weighted by Gasteiger charge is 2.28. The fourth-order valence-electron chi connectivity index (χ4n) is 7.62. The van der Waals surface area contributed by atoms with Gasteiger partial charge in [0.25, 0.3) is 0 Å². The molecule has 0 aromatic rings. The Morgan fingerprint density at radius 2 is 0.684 bits per heavy atom. The second kappa shape index (κ2) is 57.3. The monoisotopic (exact) mass is 1080 g/mol. The van der Waals surface area contributed by atoms with E-state index in [1.165, 1.54) is 44.9 Å². The second-order valence-corrected chi connectivity index (χ2v) is 20.9. The zero-order valence-corrected chi connectivity index (χ0v) is 48.8. The van der Waals surface area contributed by atoms with Crippen LogP contribution >= 0.6 is 7.82 Å². The molecule has 0 aromatic carbocycles. The summed E-state index contributed by atoms with van der Waals surface area (Å²) in [5, 5.41) is 9.82. The Morgan fingerprint density at radius 1 is 0.382 bits per heavy atom. The van der Waals surface area contributed by atoms with E-state index in [0.717, 1.165) is 135 Å². The van der Waals surface area contributed by atoms with Gasteiger partial charge < -0.3 is 24.2 Å². The Labute approximate surface area is 463 Å². The van der Waals surface area contributed by atoms with Gasteiger partial charge in [-0.1, -0.05) is 201 Å². The molecule has 3 atom stereocenters. The van der Waals surface area contributed by atoms with Gasteiger partial charge in [0.1, 0.15) is 12.7 Å². The lowest BCUT2D eigenvalue weighted by Gasteiger charge is -2.21. The van der Waals surface area contributed by atoms with Crippen LogP contribution in [0.2, 0.25) is 0 Å². The second-order valence-electron chi connectivity index (χ2n) is 19.4. The Morgan fingerprint density at radius 3 is 1.08 bits per heavy atom. The number of hydrogen-bond donors (Lipinski definition) is 2. The van der Waals surface area contributed by atoms with E-state index in [-0.39, 0.29) is 25.9 Å². The standard InChI is InChI=1S/C64H107O11P/c1-4-7-10-13-16-19-22-25-28-29-30-31-34-35-38-41-44-47-50-53-62(66)71-57-61(75-64(68)55-52-49-46-43-40-37-33-27-24-21-18-15-12-9-6-3)59-73-76(69,70)72-58-60(56-65)74-63(67)54-51-48-45-42-39-36-32-26-23-20-17-14-11-8-5-2/h9,12,16-21,25-28,30-33,40,43,60-61,65H,4-8,10-11,13-15,22-24,29,34-39,41-42,44-59H2,1-3H3,(H,69,70)/b12-9-,19-16-,20-17-,21-18-,28-25-,31-30-,32-26-,33-27-,43-40-. The van der Waals surface area contributed by atoms with Crippen molar-refractivity contribution in [3.8, 4) is 0 Å². The van der Waals surface area contributed by atoms with E-state index in [2.05, 4.69) is 130 Å². The summed E-state index contributed by atoms with van der Waals surface area (Å²) in [4.78, 5) is 48.6. The van der Waals surface area contributed by atoms with Crippen molar-refractivity contribution in [3.05, 3.63) is 109 Å². The van der Waals surface area contributed by atoms with Crippen molar-refractivity contribution in [3.63, 3.8) is 0 Å². The molecule has 0 aliphatic rings. The minimum atomic E-state index is -4.77. The highest BCUT2D eigenvalue weighted by atomic mass is 31.2. The topological polar surface area (TPSA) is 155 Å². The van der Waals surface area contributed by atoms with Crippen LogP contribution in [0, 0.1) is 0 Å². The minimum absolute atomic E-state index is 0.106. The van der Waals surface area contributed by atoms with Crippen molar-refractivity contribution in [1.29, 1.82) is 0 Å². The first-order valence-corrected chi connectivity index (χ1v) is 31.3. The Kier molecular flexibility index (Phi) is 54.4. The first kappa shape index (κ1) is 72.1. The van der Waals surface area contributed by atoms with Crippen molar-refractivity contribution in [2.24, 2.45) is 0 Å². The zero-order chi connectivity index (χ0) is 55.5. The smallest absolute Gasteiger partial charge is 0.462 e. The van der Waals surface area contributed by atoms with E-state index in [0.29, 0.717) is 19.3 Å². The van der Waals surface area contributed by atoms with E-state index in [1.807, 2.05) is 0 Å². The molecule has 11 nitrogen and oxygen atoms in total. The Balaban J connectivity index is 4.81. The molecule has 0 rings (SSSR count). The number of unbranched alkanes of at least 4 members (excludes halogenated alkanes) is 19. The number of aliphatic hydroxyl groups excluding tert-OH is 1. The van der Waals surface area contributed by atoms with Gasteiger partial charge in [0.2, 0.25) is 0 Å². The maximum atomic E-state index is 12.9. The molecule has 0 saturated carbocycles. The van der Waals surface area contributed by atoms with Gasteiger partial charge in [-0.25, -0.2) is 4.57 Å². The number of esters is 3. The molecule has 76 heavy (non-hydrogen) atoms. The SMILES string of the molecule is CC/C=C\C/C=C\C/C=C\C/C=C\CCCCC(=O)OC(COC(=O)CCCCCCCC/C=C\C/C=C\C/C=C\CCCCC)COP(=O)(O)OCC(CO)OC(=O)CCCCCCC/C=C\C/C=C\CCCCC. The lowest BCUT2D eigenvalue weighted by Crippen LogP contribution is -2.30. The van der Waals surface area contributed by atoms with Gasteiger partial charge in [-0.3, -0.25) is 23.4 Å². The predicted octanol–water partition coefficient (Wildman–Crippen LogP) is 17.8. The van der Waals surface area contributed by atoms with Crippen molar-refractivity contribution >= 4 is 25.7 Å². The third-order valence-electron chi connectivity index (χ3n) is 12.1. The molecule has 0 spiro atoms. The Bertz CT molecular complexity index is 1690. The lowest BCUT2D eigenvalue weighted by atomic mass is 10.1. The zero-order valence-electron chi connectivity index (χ0n) is 47.9. The lowest BCUT2D eigenvalue weighted by molar-refractivity contribution is -0.161. The highest BCUT2D eigenvalue weighted by molar-refractivity contribution is 7.47. The summed E-state index contributed by atoms with van der Waals surface area (Å²) in [7, 11) is -4.77. The number of carbonyl (C=O) groups is 3. The third kappa shape index (κ3) is 54.9. The predicted molar refractivity (Wildman–Crippen MR) is 316 cm³/mol. The number of phosphoric ester groups is 1. The largest absolute Gasteiger partial charge is 0.472 e. The van der Waals surface area contributed by atoms with Crippen LogP contribution in [0.4, 0.5) is 0 Å². The molecule has 12 heteroatoms.